The summed E-state index contributed by atoms with van der Waals surface area (Å²) in [4.78, 5) is 26.9. The molecule has 0 spiro atoms. The zero-order chi connectivity index (χ0) is 13.7. The number of carbonyl (C=O) groups excluding carboxylic acids is 1. The van der Waals surface area contributed by atoms with E-state index in [9.17, 15) is 9.59 Å². The van der Waals surface area contributed by atoms with E-state index in [1.165, 1.54) is 6.39 Å². The summed E-state index contributed by atoms with van der Waals surface area (Å²) in [5, 5.41) is 15.4. The molecule has 1 amide bonds. The first-order valence-corrected chi connectivity index (χ1v) is 6.09. The summed E-state index contributed by atoms with van der Waals surface area (Å²) in [6.45, 7) is 0.366. The molecule has 2 rings (SSSR count). The molecule has 0 bridgehead atoms. The molecule has 0 radical (unpaired) electrons. The number of amides is 1. The number of carboxylic acids is 1. The fourth-order valence-electron chi connectivity index (χ4n) is 2.11. The van der Waals surface area contributed by atoms with E-state index in [1.54, 1.807) is 0 Å². The van der Waals surface area contributed by atoms with Crippen LogP contribution in [0.2, 0.25) is 0 Å². The van der Waals surface area contributed by atoms with Crippen molar-refractivity contribution in [3.8, 4) is 0 Å². The molecule has 0 fully saturated rings. The summed E-state index contributed by atoms with van der Waals surface area (Å²) in [5.41, 5.74) is 0. The predicted octanol–water partition coefficient (Wildman–Crippen LogP) is 0.395. The summed E-state index contributed by atoms with van der Waals surface area (Å²) in [6.07, 6.45) is 6.21. The van der Waals surface area contributed by atoms with Crippen molar-refractivity contribution in [3.05, 3.63) is 24.4 Å². The van der Waals surface area contributed by atoms with Crippen LogP contribution in [0.5, 0.6) is 0 Å². The molecule has 102 valence electrons. The van der Waals surface area contributed by atoms with Gasteiger partial charge in [0, 0.05) is 13.0 Å². The van der Waals surface area contributed by atoms with Crippen LogP contribution in [0.3, 0.4) is 0 Å². The highest BCUT2D eigenvalue weighted by Gasteiger charge is 2.33. The lowest BCUT2D eigenvalue weighted by Gasteiger charge is -2.24. The first-order valence-electron chi connectivity index (χ1n) is 6.09. The Labute approximate surface area is 109 Å². The zero-order valence-corrected chi connectivity index (χ0v) is 10.3. The van der Waals surface area contributed by atoms with Gasteiger partial charge in [0.25, 0.3) is 0 Å². The number of aliphatic carboxylic acids is 1. The van der Waals surface area contributed by atoms with Crippen LogP contribution in [-0.4, -0.2) is 33.7 Å². The average Bonchev–Trinajstić information content (AvgIpc) is 2.91. The SMILES string of the molecule is O=C(O)[C@H]1CC=CC[C@H]1C(=O)NCCc1ncon1. The molecule has 7 nitrogen and oxygen atoms in total. The Balaban J connectivity index is 1.84. The topological polar surface area (TPSA) is 105 Å². The number of rotatable bonds is 5. The monoisotopic (exact) mass is 265 g/mol. The molecule has 0 saturated carbocycles. The van der Waals surface area contributed by atoms with Crippen molar-refractivity contribution in [2.45, 2.75) is 19.3 Å². The maximum Gasteiger partial charge on any atom is 0.307 e. The second-order valence-corrected chi connectivity index (χ2v) is 4.38. The van der Waals surface area contributed by atoms with Gasteiger partial charge >= 0.3 is 5.97 Å². The summed E-state index contributed by atoms with van der Waals surface area (Å²) >= 11 is 0. The molecule has 19 heavy (non-hydrogen) atoms. The van der Waals surface area contributed by atoms with Crippen LogP contribution in [0.25, 0.3) is 0 Å². The van der Waals surface area contributed by atoms with Gasteiger partial charge in [-0.2, -0.15) is 4.98 Å². The number of aromatic nitrogens is 2. The lowest BCUT2D eigenvalue weighted by Crippen LogP contribution is -2.39. The molecule has 2 N–H and O–H groups in total. The minimum Gasteiger partial charge on any atom is -0.481 e. The number of hydrogen-bond donors (Lipinski definition) is 2. The van der Waals surface area contributed by atoms with Crippen molar-refractivity contribution in [1.82, 2.24) is 15.5 Å². The van der Waals surface area contributed by atoms with Crippen molar-refractivity contribution in [2.75, 3.05) is 6.54 Å². The summed E-state index contributed by atoms with van der Waals surface area (Å²) in [5.74, 6) is -1.80. The Morgan fingerprint density at radius 3 is 2.74 bits per heavy atom. The van der Waals surface area contributed by atoms with E-state index in [0.717, 1.165) is 0 Å². The zero-order valence-electron chi connectivity index (χ0n) is 10.3. The maximum absolute atomic E-state index is 12.0. The Hall–Kier alpha value is -2.18. The first-order chi connectivity index (χ1) is 9.18. The van der Waals surface area contributed by atoms with Crippen LogP contribution in [-0.2, 0) is 16.0 Å². The van der Waals surface area contributed by atoms with Gasteiger partial charge in [-0.1, -0.05) is 17.3 Å². The molecular weight excluding hydrogens is 250 g/mol. The molecule has 1 aliphatic carbocycles. The van der Waals surface area contributed by atoms with Crippen LogP contribution in [0.4, 0.5) is 0 Å². The van der Waals surface area contributed by atoms with Crippen molar-refractivity contribution in [1.29, 1.82) is 0 Å². The Morgan fingerprint density at radius 2 is 2.11 bits per heavy atom. The highest BCUT2D eigenvalue weighted by atomic mass is 16.5. The van der Waals surface area contributed by atoms with Gasteiger partial charge in [-0.15, -0.1) is 0 Å². The first kappa shape index (κ1) is 13.3. The van der Waals surface area contributed by atoms with Gasteiger partial charge in [-0.05, 0) is 12.8 Å². The fourth-order valence-corrected chi connectivity index (χ4v) is 2.11. The van der Waals surface area contributed by atoms with E-state index in [4.69, 9.17) is 5.11 Å². The van der Waals surface area contributed by atoms with Crippen LogP contribution in [0, 0.1) is 11.8 Å². The van der Waals surface area contributed by atoms with Crippen LogP contribution >= 0.6 is 0 Å². The molecule has 1 aromatic heterocycles. The minimum absolute atomic E-state index is 0.236. The predicted molar refractivity (Wildman–Crippen MR) is 64.0 cm³/mol. The van der Waals surface area contributed by atoms with Crippen LogP contribution in [0.1, 0.15) is 18.7 Å². The van der Waals surface area contributed by atoms with Crippen LogP contribution in [0.15, 0.2) is 23.1 Å². The van der Waals surface area contributed by atoms with E-state index >= 15 is 0 Å². The third kappa shape index (κ3) is 3.40. The van der Waals surface area contributed by atoms with Gasteiger partial charge in [-0.3, -0.25) is 9.59 Å². The highest BCUT2D eigenvalue weighted by molar-refractivity contribution is 5.85. The third-order valence-electron chi connectivity index (χ3n) is 3.14. The number of allylic oxidation sites excluding steroid dienone is 2. The molecule has 1 aliphatic rings. The lowest BCUT2D eigenvalue weighted by molar-refractivity contribution is -0.147. The Morgan fingerprint density at radius 1 is 1.37 bits per heavy atom. The van der Waals surface area contributed by atoms with Crippen molar-refractivity contribution >= 4 is 11.9 Å². The summed E-state index contributed by atoms with van der Waals surface area (Å²) < 4.78 is 4.58. The molecule has 7 heteroatoms. The number of nitrogens with zero attached hydrogens (tertiary/aromatic N) is 2. The van der Waals surface area contributed by atoms with Crippen LogP contribution < -0.4 is 5.32 Å². The van der Waals surface area contributed by atoms with Gasteiger partial charge in [0.05, 0.1) is 11.8 Å². The number of carbonyl (C=O) groups is 2. The second-order valence-electron chi connectivity index (χ2n) is 4.38. The average molecular weight is 265 g/mol. The molecule has 0 aliphatic heterocycles. The molecule has 1 heterocycles. The smallest absolute Gasteiger partial charge is 0.307 e. The van der Waals surface area contributed by atoms with E-state index in [1.807, 2.05) is 12.2 Å². The summed E-state index contributed by atoms with van der Waals surface area (Å²) in [7, 11) is 0. The second kappa shape index (κ2) is 6.12. The number of nitrogens with one attached hydrogen (secondary N) is 1. The van der Waals surface area contributed by atoms with Crippen molar-refractivity contribution in [3.63, 3.8) is 0 Å². The van der Waals surface area contributed by atoms with Gasteiger partial charge < -0.3 is 14.9 Å². The van der Waals surface area contributed by atoms with Gasteiger partial charge in [0.15, 0.2) is 5.82 Å². The molecule has 2 atom stereocenters. The third-order valence-corrected chi connectivity index (χ3v) is 3.14. The van der Waals surface area contributed by atoms with E-state index in [-0.39, 0.29) is 5.91 Å². The van der Waals surface area contributed by atoms with Gasteiger partial charge in [0.1, 0.15) is 0 Å². The van der Waals surface area contributed by atoms with Crippen molar-refractivity contribution in [2.24, 2.45) is 11.8 Å². The Kier molecular flexibility index (Phi) is 4.27. The summed E-state index contributed by atoms with van der Waals surface area (Å²) in [6, 6.07) is 0. The fraction of sp³-hybridized carbons (Fsp3) is 0.500. The Bertz CT molecular complexity index is 469. The molecule has 0 saturated heterocycles. The van der Waals surface area contributed by atoms with E-state index in [0.29, 0.717) is 31.6 Å². The largest absolute Gasteiger partial charge is 0.481 e. The van der Waals surface area contributed by atoms with E-state index < -0.39 is 17.8 Å². The molecule has 0 aromatic carbocycles. The van der Waals surface area contributed by atoms with Gasteiger partial charge in [-0.25, -0.2) is 0 Å². The van der Waals surface area contributed by atoms with Crippen molar-refractivity contribution < 1.29 is 19.2 Å². The number of hydrogen-bond acceptors (Lipinski definition) is 5. The lowest BCUT2D eigenvalue weighted by atomic mass is 9.82. The standard InChI is InChI=1S/C12H15N3O4/c16-11(13-6-5-10-14-7-19-15-10)8-3-1-2-4-9(8)12(17)18/h1-2,7-9H,3-6H2,(H,13,16)(H,17,18)/t8-,9+/m1/s1. The van der Waals surface area contributed by atoms with E-state index in [2.05, 4.69) is 20.0 Å². The quantitative estimate of drug-likeness (QED) is 0.746. The minimum atomic E-state index is -0.928. The molecule has 1 aromatic rings. The molecule has 0 unspecified atom stereocenters. The maximum atomic E-state index is 12.0. The van der Waals surface area contributed by atoms with Gasteiger partial charge in [0.2, 0.25) is 12.3 Å². The highest BCUT2D eigenvalue weighted by Crippen LogP contribution is 2.25. The molecular formula is C12H15N3O4. The number of carboxylic acid groups (broad SMARTS) is 1. The normalized spacial score (nSPS) is 22.1.